The first-order chi connectivity index (χ1) is 8.58. The van der Waals surface area contributed by atoms with Crippen LogP contribution < -0.4 is 4.74 Å². The summed E-state index contributed by atoms with van der Waals surface area (Å²) < 4.78 is 19.3. The summed E-state index contributed by atoms with van der Waals surface area (Å²) in [6.07, 6.45) is 2.55. The monoisotopic (exact) mass is 311 g/mol. The molecule has 0 fully saturated rings. The molecule has 0 bridgehead atoms. The molecule has 18 heavy (non-hydrogen) atoms. The van der Waals surface area contributed by atoms with Crippen molar-refractivity contribution in [3.05, 3.63) is 52.5 Å². The minimum Gasteiger partial charge on any atom is -0.478 e. The number of hydrogen-bond acceptors (Lipinski definition) is 3. The lowest BCUT2D eigenvalue weighted by molar-refractivity contribution is 0.0694. The molecule has 2 rings (SSSR count). The van der Waals surface area contributed by atoms with E-state index in [1.54, 1.807) is 0 Å². The van der Waals surface area contributed by atoms with E-state index in [0.29, 0.717) is 4.47 Å². The number of ether oxygens (including phenoxy) is 1. The first-order valence-corrected chi connectivity index (χ1v) is 5.67. The third-order valence-electron chi connectivity index (χ3n) is 2.13. The fourth-order valence-corrected chi connectivity index (χ4v) is 1.65. The predicted octanol–water partition coefficient (Wildman–Crippen LogP) is 3.47. The van der Waals surface area contributed by atoms with Crippen LogP contribution in [0.1, 0.15) is 10.4 Å². The number of pyridine rings is 1. The molecule has 0 aliphatic carbocycles. The predicted molar refractivity (Wildman–Crippen MR) is 65.4 cm³/mol. The molecule has 0 unspecified atom stereocenters. The van der Waals surface area contributed by atoms with Crippen molar-refractivity contribution in [2.24, 2.45) is 0 Å². The third-order valence-corrected chi connectivity index (χ3v) is 2.62. The third kappa shape index (κ3) is 2.65. The molecule has 0 aliphatic rings. The van der Waals surface area contributed by atoms with Crippen LogP contribution in [0.4, 0.5) is 4.39 Å². The van der Waals surface area contributed by atoms with Gasteiger partial charge >= 0.3 is 5.97 Å². The summed E-state index contributed by atoms with van der Waals surface area (Å²) in [5.74, 6) is -1.83. The molecular weight excluding hydrogens is 305 g/mol. The van der Waals surface area contributed by atoms with E-state index in [1.807, 2.05) is 0 Å². The standard InChI is InChI=1S/C12H7BrFNO3/c13-7-1-2-9(14)10(5-7)18-11-6-15-4-3-8(11)12(16)17/h1-6H,(H,16,17). The van der Waals surface area contributed by atoms with Gasteiger partial charge in [-0.15, -0.1) is 0 Å². The van der Waals surface area contributed by atoms with Gasteiger partial charge in [-0.2, -0.15) is 0 Å². The molecule has 1 aromatic carbocycles. The summed E-state index contributed by atoms with van der Waals surface area (Å²) in [7, 11) is 0. The first-order valence-electron chi connectivity index (χ1n) is 4.88. The Hall–Kier alpha value is -1.95. The van der Waals surface area contributed by atoms with E-state index in [9.17, 15) is 9.18 Å². The zero-order chi connectivity index (χ0) is 13.1. The van der Waals surface area contributed by atoms with Crippen LogP contribution in [0, 0.1) is 5.82 Å². The fraction of sp³-hybridized carbons (Fsp3) is 0. The Labute approximate surface area is 110 Å². The quantitative estimate of drug-likeness (QED) is 0.943. The van der Waals surface area contributed by atoms with Gasteiger partial charge in [-0.3, -0.25) is 4.98 Å². The topological polar surface area (TPSA) is 59.4 Å². The smallest absolute Gasteiger partial charge is 0.339 e. The van der Waals surface area contributed by atoms with Crippen molar-refractivity contribution in [3.63, 3.8) is 0 Å². The SMILES string of the molecule is O=C(O)c1ccncc1Oc1cc(Br)ccc1F. The van der Waals surface area contributed by atoms with Gasteiger partial charge in [-0.05, 0) is 24.3 Å². The lowest BCUT2D eigenvalue weighted by atomic mass is 10.2. The zero-order valence-corrected chi connectivity index (χ0v) is 10.5. The Kier molecular flexibility index (Phi) is 3.57. The molecule has 0 atom stereocenters. The van der Waals surface area contributed by atoms with E-state index >= 15 is 0 Å². The molecule has 92 valence electrons. The molecule has 2 aromatic rings. The van der Waals surface area contributed by atoms with Gasteiger partial charge in [0.25, 0.3) is 0 Å². The number of aromatic nitrogens is 1. The van der Waals surface area contributed by atoms with Crippen molar-refractivity contribution in [2.75, 3.05) is 0 Å². The van der Waals surface area contributed by atoms with Crippen LogP contribution in [0.2, 0.25) is 0 Å². The van der Waals surface area contributed by atoms with Gasteiger partial charge in [0.1, 0.15) is 5.56 Å². The Morgan fingerprint density at radius 1 is 1.33 bits per heavy atom. The summed E-state index contributed by atoms with van der Waals surface area (Å²) in [5.41, 5.74) is -0.0793. The number of carboxylic acid groups (broad SMARTS) is 1. The van der Waals surface area contributed by atoms with Gasteiger partial charge in [0.15, 0.2) is 17.3 Å². The number of benzene rings is 1. The second-order valence-electron chi connectivity index (χ2n) is 3.35. The van der Waals surface area contributed by atoms with Crippen LogP contribution in [-0.4, -0.2) is 16.1 Å². The molecule has 6 heteroatoms. The summed E-state index contributed by atoms with van der Waals surface area (Å²) in [6.45, 7) is 0. The average Bonchev–Trinajstić information content (AvgIpc) is 2.34. The van der Waals surface area contributed by atoms with Crippen LogP contribution in [0.25, 0.3) is 0 Å². The molecule has 0 amide bonds. The molecular formula is C12H7BrFNO3. The van der Waals surface area contributed by atoms with Gasteiger partial charge in [-0.1, -0.05) is 15.9 Å². The molecule has 0 aliphatic heterocycles. The Bertz CT molecular complexity index is 604. The van der Waals surface area contributed by atoms with E-state index in [2.05, 4.69) is 20.9 Å². The molecule has 0 spiro atoms. The van der Waals surface area contributed by atoms with Crippen LogP contribution >= 0.6 is 15.9 Å². The number of rotatable bonds is 3. The highest BCUT2D eigenvalue weighted by Gasteiger charge is 2.13. The lowest BCUT2D eigenvalue weighted by Crippen LogP contribution is -2.01. The first kappa shape index (κ1) is 12.5. The minimum absolute atomic E-state index is 0.0120. The Balaban J connectivity index is 2.40. The van der Waals surface area contributed by atoms with E-state index < -0.39 is 11.8 Å². The summed E-state index contributed by atoms with van der Waals surface area (Å²) in [5, 5.41) is 8.96. The van der Waals surface area contributed by atoms with Crippen molar-refractivity contribution in [3.8, 4) is 11.5 Å². The molecule has 0 saturated heterocycles. The second-order valence-corrected chi connectivity index (χ2v) is 4.27. The van der Waals surface area contributed by atoms with E-state index in [1.165, 1.54) is 36.7 Å². The highest BCUT2D eigenvalue weighted by Crippen LogP contribution is 2.29. The van der Waals surface area contributed by atoms with E-state index in [-0.39, 0.29) is 17.1 Å². The zero-order valence-electron chi connectivity index (χ0n) is 8.93. The van der Waals surface area contributed by atoms with Gasteiger partial charge in [0.2, 0.25) is 0 Å². The maximum Gasteiger partial charge on any atom is 0.339 e. The van der Waals surface area contributed by atoms with Crippen molar-refractivity contribution < 1.29 is 19.0 Å². The maximum atomic E-state index is 13.5. The second kappa shape index (κ2) is 5.14. The molecule has 1 heterocycles. The number of nitrogens with zero attached hydrogens (tertiary/aromatic N) is 1. The van der Waals surface area contributed by atoms with Crippen LogP contribution in [0.3, 0.4) is 0 Å². The molecule has 1 N–H and O–H groups in total. The highest BCUT2D eigenvalue weighted by molar-refractivity contribution is 9.10. The van der Waals surface area contributed by atoms with Crippen molar-refractivity contribution >= 4 is 21.9 Å². The molecule has 0 radical (unpaired) electrons. The highest BCUT2D eigenvalue weighted by atomic mass is 79.9. The van der Waals surface area contributed by atoms with Crippen LogP contribution in [0.5, 0.6) is 11.5 Å². The van der Waals surface area contributed by atoms with Crippen LogP contribution in [0.15, 0.2) is 41.1 Å². The number of halogens is 2. The Morgan fingerprint density at radius 2 is 2.11 bits per heavy atom. The summed E-state index contributed by atoms with van der Waals surface area (Å²) in [4.78, 5) is 14.7. The van der Waals surface area contributed by atoms with Gasteiger partial charge in [0.05, 0.1) is 6.20 Å². The average molecular weight is 312 g/mol. The number of hydrogen-bond donors (Lipinski definition) is 1. The van der Waals surface area contributed by atoms with Crippen molar-refractivity contribution in [1.29, 1.82) is 0 Å². The minimum atomic E-state index is -1.16. The van der Waals surface area contributed by atoms with Crippen molar-refractivity contribution in [1.82, 2.24) is 4.98 Å². The fourth-order valence-electron chi connectivity index (χ4n) is 1.31. The lowest BCUT2D eigenvalue weighted by Gasteiger charge is -2.08. The van der Waals surface area contributed by atoms with E-state index in [0.717, 1.165) is 0 Å². The van der Waals surface area contributed by atoms with Crippen molar-refractivity contribution in [2.45, 2.75) is 0 Å². The summed E-state index contributed by atoms with van der Waals surface area (Å²) in [6, 6.07) is 5.43. The number of carbonyl (C=O) groups is 1. The van der Waals surface area contributed by atoms with Gasteiger partial charge in [-0.25, -0.2) is 9.18 Å². The number of carboxylic acids is 1. The van der Waals surface area contributed by atoms with Crippen LogP contribution in [-0.2, 0) is 0 Å². The van der Waals surface area contributed by atoms with E-state index in [4.69, 9.17) is 9.84 Å². The molecule has 4 nitrogen and oxygen atoms in total. The summed E-state index contributed by atoms with van der Waals surface area (Å²) >= 11 is 3.18. The van der Waals surface area contributed by atoms with Gasteiger partial charge in [0, 0.05) is 10.7 Å². The Morgan fingerprint density at radius 3 is 2.83 bits per heavy atom. The largest absolute Gasteiger partial charge is 0.478 e. The molecule has 0 saturated carbocycles. The number of aromatic carboxylic acids is 1. The molecule has 1 aromatic heterocycles. The maximum absolute atomic E-state index is 13.5. The van der Waals surface area contributed by atoms with Gasteiger partial charge < -0.3 is 9.84 Å². The normalized spacial score (nSPS) is 10.1.